The van der Waals surface area contributed by atoms with E-state index >= 15 is 0 Å². The predicted octanol–water partition coefficient (Wildman–Crippen LogP) is 2.92. The molecular weight excluding hydrogens is 212 g/mol. The highest BCUT2D eigenvalue weighted by Crippen LogP contribution is 2.14. The second-order valence-electron chi connectivity index (χ2n) is 4.21. The summed E-state index contributed by atoms with van der Waals surface area (Å²) in [5.74, 6) is 1.82. The zero-order valence-electron chi connectivity index (χ0n) is 11.2. The highest BCUT2D eigenvalue weighted by Gasteiger charge is 2.07. The molecule has 4 nitrogen and oxygen atoms in total. The van der Waals surface area contributed by atoms with Gasteiger partial charge in [0.2, 0.25) is 0 Å². The van der Waals surface area contributed by atoms with Crippen molar-refractivity contribution in [1.82, 2.24) is 9.97 Å². The Morgan fingerprint density at radius 3 is 2.29 bits per heavy atom. The fourth-order valence-electron chi connectivity index (χ4n) is 1.67. The van der Waals surface area contributed by atoms with Gasteiger partial charge in [0.1, 0.15) is 11.6 Å². The highest BCUT2D eigenvalue weighted by atomic mass is 15.2. The van der Waals surface area contributed by atoms with Crippen LogP contribution in [0.5, 0.6) is 0 Å². The monoisotopic (exact) mass is 236 g/mol. The summed E-state index contributed by atoms with van der Waals surface area (Å²) in [5.41, 5.74) is 0. The Hall–Kier alpha value is -1.32. The van der Waals surface area contributed by atoms with Gasteiger partial charge in [0, 0.05) is 20.1 Å². The molecular formula is C13H24N4. The van der Waals surface area contributed by atoms with Gasteiger partial charge in [-0.15, -0.1) is 0 Å². The number of hydrogen-bond acceptors (Lipinski definition) is 4. The quantitative estimate of drug-likeness (QED) is 0.753. The minimum absolute atomic E-state index is 0.834. The molecule has 17 heavy (non-hydrogen) atoms. The fourth-order valence-corrected chi connectivity index (χ4v) is 1.67. The summed E-state index contributed by atoms with van der Waals surface area (Å²) in [5, 5.41) is 3.03. The first-order valence-corrected chi connectivity index (χ1v) is 6.56. The second kappa shape index (κ2) is 7.87. The third-order valence-electron chi connectivity index (χ3n) is 2.77. The van der Waals surface area contributed by atoms with Gasteiger partial charge in [-0.25, -0.2) is 4.98 Å². The van der Waals surface area contributed by atoms with Crippen LogP contribution in [0.25, 0.3) is 0 Å². The van der Waals surface area contributed by atoms with Gasteiger partial charge in [0.05, 0.1) is 12.4 Å². The normalized spacial score (nSPS) is 10.3. The van der Waals surface area contributed by atoms with Crippen molar-refractivity contribution in [2.24, 2.45) is 0 Å². The van der Waals surface area contributed by atoms with Crippen molar-refractivity contribution in [3.05, 3.63) is 12.4 Å². The zero-order chi connectivity index (χ0) is 12.5. The maximum atomic E-state index is 4.55. The van der Waals surface area contributed by atoms with E-state index in [1.807, 2.05) is 13.2 Å². The number of unbranched alkanes of at least 4 members (excludes halogenated alkanes) is 2. The second-order valence-corrected chi connectivity index (χ2v) is 4.21. The molecule has 0 aliphatic heterocycles. The number of anilines is 2. The third kappa shape index (κ3) is 4.59. The van der Waals surface area contributed by atoms with E-state index in [9.17, 15) is 0 Å². The molecule has 4 heteroatoms. The molecule has 1 N–H and O–H groups in total. The molecule has 0 unspecified atom stereocenters. The van der Waals surface area contributed by atoms with Crippen molar-refractivity contribution >= 4 is 11.6 Å². The largest absolute Gasteiger partial charge is 0.372 e. The van der Waals surface area contributed by atoms with Gasteiger partial charge in [-0.1, -0.05) is 26.7 Å². The van der Waals surface area contributed by atoms with Crippen LogP contribution in [0, 0.1) is 0 Å². The maximum absolute atomic E-state index is 4.55. The van der Waals surface area contributed by atoms with Crippen LogP contribution < -0.4 is 10.2 Å². The molecule has 1 heterocycles. The van der Waals surface area contributed by atoms with Crippen LogP contribution in [-0.4, -0.2) is 30.1 Å². The zero-order valence-corrected chi connectivity index (χ0v) is 11.2. The van der Waals surface area contributed by atoms with Crippen molar-refractivity contribution in [3.63, 3.8) is 0 Å². The molecule has 0 amide bonds. The first kappa shape index (κ1) is 13.7. The molecule has 0 saturated heterocycles. The lowest BCUT2D eigenvalue weighted by molar-refractivity contribution is 0.670. The molecule has 1 rings (SSSR count). The summed E-state index contributed by atoms with van der Waals surface area (Å²) in [6.45, 7) is 6.57. The molecule has 0 aliphatic rings. The Balaban J connectivity index is 2.71. The van der Waals surface area contributed by atoms with Crippen LogP contribution in [0.4, 0.5) is 11.6 Å². The average Bonchev–Trinajstić information content (AvgIpc) is 2.39. The molecule has 0 radical (unpaired) electrons. The molecule has 0 fully saturated rings. The van der Waals surface area contributed by atoms with Gasteiger partial charge in [0.15, 0.2) is 0 Å². The smallest absolute Gasteiger partial charge is 0.149 e. The van der Waals surface area contributed by atoms with Gasteiger partial charge >= 0.3 is 0 Å². The SMILES string of the molecule is CCCCN(CCCC)c1cncc(NC)n1. The van der Waals surface area contributed by atoms with E-state index < -0.39 is 0 Å². The van der Waals surface area contributed by atoms with Crippen molar-refractivity contribution in [1.29, 1.82) is 0 Å². The number of rotatable bonds is 8. The number of nitrogens with zero attached hydrogens (tertiary/aromatic N) is 3. The summed E-state index contributed by atoms with van der Waals surface area (Å²) in [6.07, 6.45) is 8.43. The van der Waals surface area contributed by atoms with E-state index in [-0.39, 0.29) is 0 Å². The molecule has 0 bridgehead atoms. The summed E-state index contributed by atoms with van der Waals surface area (Å²) in [6, 6.07) is 0. The number of nitrogens with one attached hydrogen (secondary N) is 1. The van der Waals surface area contributed by atoms with Crippen LogP contribution in [0.15, 0.2) is 12.4 Å². The highest BCUT2D eigenvalue weighted by molar-refractivity contribution is 5.43. The van der Waals surface area contributed by atoms with E-state index in [1.54, 1.807) is 6.20 Å². The minimum atomic E-state index is 0.834. The Labute approximate surface area is 104 Å². The number of hydrogen-bond donors (Lipinski definition) is 1. The predicted molar refractivity (Wildman–Crippen MR) is 73.6 cm³/mol. The molecule has 0 aromatic carbocycles. The van der Waals surface area contributed by atoms with Crippen LogP contribution in [0.3, 0.4) is 0 Å². The minimum Gasteiger partial charge on any atom is -0.372 e. The molecule has 0 saturated carbocycles. The Morgan fingerprint density at radius 2 is 1.76 bits per heavy atom. The average molecular weight is 236 g/mol. The summed E-state index contributed by atoms with van der Waals surface area (Å²) in [7, 11) is 1.87. The summed E-state index contributed by atoms with van der Waals surface area (Å²) in [4.78, 5) is 11.1. The van der Waals surface area contributed by atoms with Gasteiger partial charge in [0.25, 0.3) is 0 Å². The van der Waals surface area contributed by atoms with Crippen LogP contribution in [0.1, 0.15) is 39.5 Å². The molecule has 0 spiro atoms. The number of aromatic nitrogens is 2. The fraction of sp³-hybridized carbons (Fsp3) is 0.692. The van der Waals surface area contributed by atoms with Crippen molar-refractivity contribution in [3.8, 4) is 0 Å². The van der Waals surface area contributed by atoms with Crippen LogP contribution in [0.2, 0.25) is 0 Å². The first-order chi connectivity index (χ1) is 8.31. The first-order valence-electron chi connectivity index (χ1n) is 6.56. The van der Waals surface area contributed by atoms with Crippen molar-refractivity contribution < 1.29 is 0 Å². The maximum Gasteiger partial charge on any atom is 0.149 e. The van der Waals surface area contributed by atoms with Gasteiger partial charge in [-0.05, 0) is 12.8 Å². The molecule has 0 aliphatic carbocycles. The molecule has 1 aromatic heterocycles. The lowest BCUT2D eigenvalue weighted by Crippen LogP contribution is -2.26. The Bertz CT molecular complexity index is 306. The van der Waals surface area contributed by atoms with Gasteiger partial charge < -0.3 is 10.2 Å². The standard InChI is InChI=1S/C13H24N4/c1-4-6-8-17(9-7-5-2)13-11-15-10-12(14-3)16-13/h10-11H,4-9H2,1-3H3,(H,14,16). The van der Waals surface area contributed by atoms with Crippen LogP contribution in [-0.2, 0) is 0 Å². The van der Waals surface area contributed by atoms with E-state index in [4.69, 9.17) is 0 Å². The van der Waals surface area contributed by atoms with Gasteiger partial charge in [-0.3, -0.25) is 4.98 Å². The third-order valence-corrected chi connectivity index (χ3v) is 2.77. The summed E-state index contributed by atoms with van der Waals surface area (Å²) >= 11 is 0. The molecule has 1 aromatic rings. The summed E-state index contributed by atoms with van der Waals surface area (Å²) < 4.78 is 0. The van der Waals surface area contributed by atoms with E-state index in [0.717, 1.165) is 24.7 Å². The Morgan fingerprint density at radius 1 is 1.12 bits per heavy atom. The van der Waals surface area contributed by atoms with E-state index in [0.29, 0.717) is 0 Å². The lowest BCUT2D eigenvalue weighted by atomic mass is 10.2. The Kier molecular flexibility index (Phi) is 6.37. The topological polar surface area (TPSA) is 41.1 Å². The van der Waals surface area contributed by atoms with Crippen LogP contribution >= 0.6 is 0 Å². The van der Waals surface area contributed by atoms with Crippen molar-refractivity contribution in [2.45, 2.75) is 39.5 Å². The molecule has 0 atom stereocenters. The van der Waals surface area contributed by atoms with E-state index in [2.05, 4.69) is 34.0 Å². The van der Waals surface area contributed by atoms with E-state index in [1.165, 1.54) is 25.7 Å². The lowest BCUT2D eigenvalue weighted by Gasteiger charge is -2.23. The van der Waals surface area contributed by atoms with Gasteiger partial charge in [-0.2, -0.15) is 0 Å². The van der Waals surface area contributed by atoms with Crippen molar-refractivity contribution in [2.75, 3.05) is 30.4 Å². The molecule has 96 valence electrons.